The fourth-order valence-electron chi connectivity index (χ4n) is 3.84. The molecule has 36 heavy (non-hydrogen) atoms. The first-order chi connectivity index (χ1) is 17.6. The Morgan fingerprint density at radius 3 is 2.19 bits per heavy atom. The van der Waals surface area contributed by atoms with E-state index in [0.717, 1.165) is 33.6 Å². The fraction of sp³-hybridized carbons (Fsp3) is 0.0333. The number of carbonyl (C=O) groups excluding carboxylic acids is 1. The molecule has 6 heteroatoms. The zero-order valence-corrected chi connectivity index (χ0v) is 20.4. The Morgan fingerprint density at radius 2 is 1.47 bits per heavy atom. The molecule has 0 radical (unpaired) electrons. The van der Waals surface area contributed by atoms with Gasteiger partial charge in [0.25, 0.3) is 5.91 Å². The minimum Gasteiger partial charge on any atom is -0.265 e. The monoisotopic (exact) mass is 490 g/mol. The van der Waals surface area contributed by atoms with Gasteiger partial charge in [-0.2, -0.15) is 10.2 Å². The number of aryl methyl sites for hydroxylation is 1. The third-order valence-corrected chi connectivity index (χ3v) is 6.13. The van der Waals surface area contributed by atoms with Crippen LogP contribution in [0.4, 0.5) is 0 Å². The lowest BCUT2D eigenvalue weighted by Gasteiger charge is -2.09. The summed E-state index contributed by atoms with van der Waals surface area (Å²) < 4.78 is 1.78. The lowest BCUT2D eigenvalue weighted by molar-refractivity contribution is 0.0949. The Morgan fingerprint density at radius 1 is 0.833 bits per heavy atom. The summed E-state index contributed by atoms with van der Waals surface area (Å²) in [6.45, 7) is 2.03. The van der Waals surface area contributed by atoms with Crippen LogP contribution >= 0.6 is 11.6 Å². The van der Waals surface area contributed by atoms with E-state index in [9.17, 15) is 4.79 Å². The summed E-state index contributed by atoms with van der Waals surface area (Å²) in [5.74, 6) is -0.411. The summed E-state index contributed by atoms with van der Waals surface area (Å²) in [5.41, 5.74) is 9.55. The van der Waals surface area contributed by atoms with Crippen molar-refractivity contribution >= 4 is 23.7 Å². The molecular weight excluding hydrogens is 468 g/mol. The molecule has 1 N–H and O–H groups in total. The van der Waals surface area contributed by atoms with Crippen molar-refractivity contribution in [2.75, 3.05) is 0 Å². The molecule has 0 saturated heterocycles. The van der Waals surface area contributed by atoms with Gasteiger partial charge in [-0.05, 0) is 42.3 Å². The van der Waals surface area contributed by atoms with Gasteiger partial charge >= 0.3 is 0 Å². The first-order valence-corrected chi connectivity index (χ1v) is 11.9. The van der Waals surface area contributed by atoms with E-state index in [1.807, 2.05) is 79.7 Å². The number of nitrogens with one attached hydrogen (secondary N) is 1. The summed E-state index contributed by atoms with van der Waals surface area (Å²) in [5, 5.41) is 9.23. The maximum absolute atomic E-state index is 12.9. The molecule has 1 aromatic heterocycles. The highest BCUT2D eigenvalue weighted by atomic mass is 35.5. The van der Waals surface area contributed by atoms with Gasteiger partial charge in [-0.3, -0.25) is 4.79 Å². The number of rotatable bonds is 6. The molecule has 0 aliphatic heterocycles. The zero-order valence-electron chi connectivity index (χ0n) is 19.6. The summed E-state index contributed by atoms with van der Waals surface area (Å²) in [6, 6.07) is 35.5. The number of carbonyl (C=O) groups is 1. The SMILES string of the molecule is Cc1ccc(-n2nc(C(=O)N/N=C\c3ccccc3Cl)cc2-c2ccc(-c3ccccc3)cc2)cc1. The van der Waals surface area contributed by atoms with Gasteiger partial charge in [0.05, 0.1) is 17.6 Å². The third-order valence-electron chi connectivity index (χ3n) is 5.78. The number of aromatic nitrogens is 2. The van der Waals surface area contributed by atoms with Crippen molar-refractivity contribution in [3.8, 4) is 28.1 Å². The number of amides is 1. The van der Waals surface area contributed by atoms with Gasteiger partial charge < -0.3 is 0 Å². The van der Waals surface area contributed by atoms with Gasteiger partial charge in [0.15, 0.2) is 5.69 Å². The van der Waals surface area contributed by atoms with Crippen molar-refractivity contribution in [2.45, 2.75) is 6.92 Å². The predicted octanol–water partition coefficient (Wildman–Crippen LogP) is 6.93. The van der Waals surface area contributed by atoms with Crippen molar-refractivity contribution in [3.63, 3.8) is 0 Å². The lowest BCUT2D eigenvalue weighted by atomic mass is 10.0. The van der Waals surface area contributed by atoms with Gasteiger partial charge in [0, 0.05) is 16.1 Å². The average Bonchev–Trinajstić information content (AvgIpc) is 3.36. The van der Waals surface area contributed by atoms with Gasteiger partial charge in [-0.1, -0.05) is 102 Å². The third kappa shape index (κ3) is 5.11. The minimum absolute atomic E-state index is 0.258. The van der Waals surface area contributed by atoms with Crippen molar-refractivity contribution in [3.05, 3.63) is 131 Å². The Kier molecular flexibility index (Phi) is 6.74. The van der Waals surface area contributed by atoms with Crippen LogP contribution in [0.5, 0.6) is 0 Å². The van der Waals surface area contributed by atoms with Crippen LogP contribution in [0.2, 0.25) is 5.02 Å². The molecule has 4 aromatic carbocycles. The van der Waals surface area contributed by atoms with E-state index >= 15 is 0 Å². The highest BCUT2D eigenvalue weighted by molar-refractivity contribution is 6.33. The Bertz CT molecular complexity index is 1520. The number of hydrogen-bond donors (Lipinski definition) is 1. The number of nitrogens with zero attached hydrogens (tertiary/aromatic N) is 3. The molecule has 1 heterocycles. The summed E-state index contributed by atoms with van der Waals surface area (Å²) in [7, 11) is 0. The quantitative estimate of drug-likeness (QED) is 0.207. The van der Waals surface area contributed by atoms with Gasteiger partial charge in [0.1, 0.15) is 0 Å². The highest BCUT2D eigenvalue weighted by Gasteiger charge is 2.17. The fourth-order valence-corrected chi connectivity index (χ4v) is 4.03. The van der Waals surface area contributed by atoms with Crippen LogP contribution in [-0.4, -0.2) is 21.9 Å². The number of hydrogen-bond acceptors (Lipinski definition) is 3. The van der Waals surface area contributed by atoms with Crippen molar-refractivity contribution in [2.24, 2.45) is 5.10 Å². The second-order valence-corrected chi connectivity index (χ2v) is 8.73. The predicted molar refractivity (Wildman–Crippen MR) is 146 cm³/mol. The van der Waals surface area contributed by atoms with Crippen LogP contribution in [0, 0.1) is 6.92 Å². The molecule has 5 nitrogen and oxygen atoms in total. The van der Waals surface area contributed by atoms with Crippen LogP contribution in [0.15, 0.2) is 114 Å². The molecule has 0 aliphatic carbocycles. The van der Waals surface area contributed by atoms with Crippen LogP contribution in [0.1, 0.15) is 21.6 Å². The van der Waals surface area contributed by atoms with Crippen molar-refractivity contribution in [1.29, 1.82) is 0 Å². The maximum Gasteiger partial charge on any atom is 0.291 e. The summed E-state index contributed by atoms with van der Waals surface area (Å²) >= 11 is 6.16. The maximum atomic E-state index is 12.9. The molecule has 0 spiro atoms. The first-order valence-electron chi connectivity index (χ1n) is 11.5. The zero-order chi connectivity index (χ0) is 24.9. The number of hydrazone groups is 1. The largest absolute Gasteiger partial charge is 0.291 e. The summed E-state index contributed by atoms with van der Waals surface area (Å²) in [6.07, 6.45) is 1.51. The van der Waals surface area contributed by atoms with Crippen LogP contribution < -0.4 is 5.43 Å². The van der Waals surface area contributed by atoms with E-state index in [1.165, 1.54) is 6.21 Å². The molecule has 5 rings (SSSR count). The van der Waals surface area contributed by atoms with E-state index in [1.54, 1.807) is 16.8 Å². The second-order valence-electron chi connectivity index (χ2n) is 8.33. The normalized spacial score (nSPS) is 11.1. The Labute approximate surface area is 214 Å². The van der Waals surface area contributed by atoms with E-state index in [4.69, 9.17) is 11.6 Å². The smallest absolute Gasteiger partial charge is 0.265 e. The Balaban J connectivity index is 1.46. The van der Waals surface area contributed by atoms with Crippen LogP contribution in [-0.2, 0) is 0 Å². The van der Waals surface area contributed by atoms with Crippen LogP contribution in [0.3, 0.4) is 0 Å². The van der Waals surface area contributed by atoms with E-state index < -0.39 is 5.91 Å². The number of benzene rings is 4. The molecule has 0 saturated carbocycles. The van der Waals surface area contributed by atoms with Crippen molar-refractivity contribution in [1.82, 2.24) is 15.2 Å². The second kappa shape index (κ2) is 10.4. The molecule has 0 aliphatic rings. The molecule has 0 atom stereocenters. The molecule has 0 unspecified atom stereocenters. The lowest BCUT2D eigenvalue weighted by Crippen LogP contribution is -2.18. The van der Waals surface area contributed by atoms with Crippen molar-refractivity contribution < 1.29 is 4.79 Å². The van der Waals surface area contributed by atoms with E-state index in [2.05, 4.69) is 39.9 Å². The number of halogens is 1. The average molecular weight is 491 g/mol. The molecule has 1 amide bonds. The summed E-state index contributed by atoms with van der Waals surface area (Å²) in [4.78, 5) is 12.9. The molecule has 0 bridgehead atoms. The molecule has 176 valence electrons. The first kappa shape index (κ1) is 23.3. The van der Waals surface area contributed by atoms with E-state index in [-0.39, 0.29) is 5.69 Å². The van der Waals surface area contributed by atoms with E-state index in [0.29, 0.717) is 10.6 Å². The standard InChI is InChI=1S/C30H23ClN4O/c1-21-11-17-26(18-12-21)35-29(24-15-13-23(14-16-24)22-7-3-2-4-8-22)19-28(34-35)30(36)33-32-20-25-9-5-6-10-27(25)31/h2-20H,1H3,(H,33,36)/b32-20-. The van der Waals surface area contributed by atoms with Gasteiger partial charge in [0.2, 0.25) is 0 Å². The highest BCUT2D eigenvalue weighted by Crippen LogP contribution is 2.27. The Hall–Kier alpha value is -4.48. The molecule has 5 aromatic rings. The van der Waals surface area contributed by atoms with Crippen LogP contribution in [0.25, 0.3) is 28.1 Å². The molecular formula is C30H23ClN4O. The topological polar surface area (TPSA) is 59.3 Å². The van der Waals surface area contributed by atoms with Gasteiger partial charge in [-0.15, -0.1) is 0 Å². The van der Waals surface area contributed by atoms with Gasteiger partial charge in [-0.25, -0.2) is 10.1 Å². The minimum atomic E-state index is -0.411. The molecule has 0 fully saturated rings.